The fourth-order valence-electron chi connectivity index (χ4n) is 0.960. The summed E-state index contributed by atoms with van der Waals surface area (Å²) >= 11 is 0. The Morgan fingerprint density at radius 2 is 2.17 bits per heavy atom. The lowest BCUT2D eigenvalue weighted by atomic mass is 10.2. The summed E-state index contributed by atoms with van der Waals surface area (Å²) in [5, 5.41) is 2.48. The van der Waals surface area contributed by atoms with Crippen LogP contribution in [-0.2, 0) is 0 Å². The molecule has 1 rings (SSSR count). The minimum absolute atomic E-state index is 0.567. The number of carbonyl (C=O) groups excluding carboxylic acids is 1. The highest BCUT2D eigenvalue weighted by molar-refractivity contribution is 5.88. The molecule has 0 saturated carbocycles. The van der Waals surface area contributed by atoms with Crippen molar-refractivity contribution in [3.05, 3.63) is 23.8 Å². The molecule has 0 aliphatic carbocycles. The van der Waals surface area contributed by atoms with E-state index >= 15 is 0 Å². The van der Waals surface area contributed by atoms with Crippen LogP contribution >= 0.6 is 0 Å². The number of rotatable bonds is 1. The summed E-state index contributed by atoms with van der Waals surface area (Å²) < 4.78 is 0. The molecule has 1 aromatic carbocycles. The van der Waals surface area contributed by atoms with E-state index in [0.29, 0.717) is 11.4 Å². The zero-order chi connectivity index (χ0) is 9.14. The molecule has 4 nitrogen and oxygen atoms in total. The van der Waals surface area contributed by atoms with Crippen molar-refractivity contribution in [1.82, 2.24) is 0 Å². The van der Waals surface area contributed by atoms with E-state index < -0.39 is 6.03 Å². The number of anilines is 2. The number of hydrogen-bond acceptors (Lipinski definition) is 2. The first-order valence-electron chi connectivity index (χ1n) is 3.52. The number of aryl methyl sites for hydroxylation is 1. The predicted octanol–water partition coefficient (Wildman–Crippen LogP) is 1.07. The van der Waals surface area contributed by atoms with Crippen LogP contribution in [0.25, 0.3) is 0 Å². The molecule has 0 aliphatic heterocycles. The summed E-state index contributed by atoms with van der Waals surface area (Å²) in [7, 11) is 0. The first-order chi connectivity index (χ1) is 5.59. The molecule has 5 N–H and O–H groups in total. The van der Waals surface area contributed by atoms with Crippen LogP contribution in [0.5, 0.6) is 0 Å². The summed E-state index contributed by atoms with van der Waals surface area (Å²) in [4.78, 5) is 10.5. The minimum Gasteiger partial charge on any atom is -0.399 e. The van der Waals surface area contributed by atoms with Gasteiger partial charge in [0.05, 0.1) is 0 Å². The fourth-order valence-corrected chi connectivity index (χ4v) is 0.960. The Balaban J connectivity index is 2.93. The SMILES string of the molecule is Cc1cc(N)ccc1NC(N)=O. The first-order valence-corrected chi connectivity index (χ1v) is 3.52. The van der Waals surface area contributed by atoms with Gasteiger partial charge in [0.2, 0.25) is 0 Å². The van der Waals surface area contributed by atoms with E-state index in [1.165, 1.54) is 0 Å². The van der Waals surface area contributed by atoms with Crippen LogP contribution in [0.2, 0.25) is 0 Å². The Hall–Kier alpha value is -1.71. The molecule has 0 atom stereocenters. The second-order valence-electron chi connectivity index (χ2n) is 2.56. The molecular formula is C8H11N3O. The molecule has 12 heavy (non-hydrogen) atoms. The van der Waals surface area contributed by atoms with Crippen LogP contribution in [-0.4, -0.2) is 6.03 Å². The number of nitrogens with two attached hydrogens (primary N) is 2. The molecule has 0 bridgehead atoms. The third-order valence-electron chi connectivity index (χ3n) is 1.51. The van der Waals surface area contributed by atoms with E-state index in [1.807, 2.05) is 6.92 Å². The zero-order valence-electron chi connectivity index (χ0n) is 6.79. The third kappa shape index (κ3) is 1.88. The second kappa shape index (κ2) is 3.13. The highest BCUT2D eigenvalue weighted by Crippen LogP contribution is 2.16. The topological polar surface area (TPSA) is 81.1 Å². The van der Waals surface area contributed by atoms with Crippen LogP contribution < -0.4 is 16.8 Å². The van der Waals surface area contributed by atoms with E-state index in [1.54, 1.807) is 18.2 Å². The van der Waals surface area contributed by atoms with Gasteiger partial charge in [-0.05, 0) is 30.7 Å². The van der Waals surface area contributed by atoms with E-state index in [4.69, 9.17) is 11.5 Å². The highest BCUT2D eigenvalue weighted by atomic mass is 16.2. The Morgan fingerprint density at radius 3 is 2.67 bits per heavy atom. The molecule has 0 spiro atoms. The van der Waals surface area contributed by atoms with Crippen LogP contribution in [0.15, 0.2) is 18.2 Å². The van der Waals surface area contributed by atoms with Gasteiger partial charge in [0.1, 0.15) is 0 Å². The molecule has 0 unspecified atom stereocenters. The Labute approximate surface area is 70.6 Å². The first kappa shape index (κ1) is 8.39. The zero-order valence-corrected chi connectivity index (χ0v) is 6.79. The standard InChI is InChI=1S/C8H11N3O/c1-5-4-6(9)2-3-7(5)11-8(10)12/h2-4H,9H2,1H3,(H3,10,11,12). The van der Waals surface area contributed by atoms with Gasteiger partial charge in [-0.25, -0.2) is 4.79 Å². The maximum atomic E-state index is 10.5. The van der Waals surface area contributed by atoms with Gasteiger partial charge in [-0.3, -0.25) is 0 Å². The maximum Gasteiger partial charge on any atom is 0.316 e. The van der Waals surface area contributed by atoms with Gasteiger partial charge in [-0.15, -0.1) is 0 Å². The average Bonchev–Trinajstić information content (AvgIpc) is 1.94. The molecular weight excluding hydrogens is 154 g/mol. The van der Waals surface area contributed by atoms with Crippen molar-refractivity contribution in [3.63, 3.8) is 0 Å². The molecule has 0 aromatic heterocycles. The monoisotopic (exact) mass is 165 g/mol. The lowest BCUT2D eigenvalue weighted by Gasteiger charge is -2.05. The minimum atomic E-state index is -0.567. The van der Waals surface area contributed by atoms with Crippen LogP contribution in [0, 0.1) is 6.92 Å². The number of benzene rings is 1. The molecule has 0 heterocycles. The quantitative estimate of drug-likeness (QED) is 0.544. The maximum absolute atomic E-state index is 10.5. The summed E-state index contributed by atoms with van der Waals surface area (Å²) in [6, 6.07) is 4.63. The van der Waals surface area contributed by atoms with Crippen molar-refractivity contribution in [2.24, 2.45) is 5.73 Å². The van der Waals surface area contributed by atoms with Crippen molar-refractivity contribution in [2.45, 2.75) is 6.92 Å². The molecule has 64 valence electrons. The molecule has 2 amide bonds. The van der Waals surface area contributed by atoms with Gasteiger partial charge >= 0.3 is 6.03 Å². The lowest BCUT2D eigenvalue weighted by Crippen LogP contribution is -2.19. The van der Waals surface area contributed by atoms with Gasteiger partial charge < -0.3 is 16.8 Å². The predicted molar refractivity (Wildman–Crippen MR) is 48.8 cm³/mol. The number of hydrogen-bond donors (Lipinski definition) is 3. The summed E-state index contributed by atoms with van der Waals surface area (Å²) in [6.45, 7) is 1.85. The largest absolute Gasteiger partial charge is 0.399 e. The van der Waals surface area contributed by atoms with Crippen molar-refractivity contribution in [3.8, 4) is 0 Å². The molecule has 0 fully saturated rings. The Bertz CT molecular complexity index is 309. The van der Waals surface area contributed by atoms with Crippen LogP contribution in [0.3, 0.4) is 0 Å². The van der Waals surface area contributed by atoms with Crippen molar-refractivity contribution >= 4 is 17.4 Å². The summed E-state index contributed by atoms with van der Waals surface area (Å²) in [5.74, 6) is 0. The van der Waals surface area contributed by atoms with Gasteiger partial charge in [0, 0.05) is 11.4 Å². The number of amides is 2. The molecule has 1 aromatic rings. The molecule has 0 radical (unpaired) electrons. The summed E-state index contributed by atoms with van der Waals surface area (Å²) in [5.41, 5.74) is 12.7. The van der Waals surface area contributed by atoms with Crippen LogP contribution in [0.1, 0.15) is 5.56 Å². The molecule has 0 saturated heterocycles. The summed E-state index contributed by atoms with van der Waals surface area (Å²) in [6.07, 6.45) is 0. The smallest absolute Gasteiger partial charge is 0.316 e. The second-order valence-corrected chi connectivity index (χ2v) is 2.56. The van der Waals surface area contributed by atoms with Crippen molar-refractivity contribution in [1.29, 1.82) is 0 Å². The number of urea groups is 1. The number of primary amides is 1. The van der Waals surface area contributed by atoms with Crippen molar-refractivity contribution < 1.29 is 4.79 Å². The van der Waals surface area contributed by atoms with Gasteiger partial charge in [0.15, 0.2) is 0 Å². The third-order valence-corrected chi connectivity index (χ3v) is 1.51. The molecule has 4 heteroatoms. The Kier molecular flexibility index (Phi) is 2.19. The van der Waals surface area contributed by atoms with E-state index in [0.717, 1.165) is 5.56 Å². The van der Waals surface area contributed by atoms with Crippen molar-refractivity contribution in [2.75, 3.05) is 11.1 Å². The fraction of sp³-hybridized carbons (Fsp3) is 0.125. The number of nitrogen functional groups attached to an aromatic ring is 1. The number of carbonyl (C=O) groups is 1. The van der Waals surface area contributed by atoms with Gasteiger partial charge in [0.25, 0.3) is 0 Å². The number of nitrogens with one attached hydrogen (secondary N) is 1. The van der Waals surface area contributed by atoms with E-state index in [9.17, 15) is 4.79 Å². The molecule has 0 aliphatic rings. The van der Waals surface area contributed by atoms with Crippen LogP contribution in [0.4, 0.5) is 16.2 Å². The van der Waals surface area contributed by atoms with Gasteiger partial charge in [-0.2, -0.15) is 0 Å². The highest BCUT2D eigenvalue weighted by Gasteiger charge is 1.99. The average molecular weight is 165 g/mol. The van der Waals surface area contributed by atoms with Gasteiger partial charge in [-0.1, -0.05) is 0 Å². The lowest BCUT2D eigenvalue weighted by molar-refractivity contribution is 0.259. The van der Waals surface area contributed by atoms with E-state index in [-0.39, 0.29) is 0 Å². The van der Waals surface area contributed by atoms with E-state index in [2.05, 4.69) is 5.32 Å². The Morgan fingerprint density at radius 1 is 1.50 bits per heavy atom. The normalized spacial score (nSPS) is 9.42.